The van der Waals surface area contributed by atoms with Crippen molar-refractivity contribution < 1.29 is 4.42 Å². The molecule has 5 heteroatoms. The van der Waals surface area contributed by atoms with E-state index in [2.05, 4.69) is 184 Å². The number of rotatable bonds is 4. The van der Waals surface area contributed by atoms with Gasteiger partial charge in [0.25, 0.3) is 6.71 Å². The second-order valence-electron chi connectivity index (χ2n) is 18.4. The molecule has 4 nitrogen and oxygen atoms in total. The van der Waals surface area contributed by atoms with Gasteiger partial charge in [0.05, 0.1) is 22.1 Å². The molecule has 10 aromatic rings. The van der Waals surface area contributed by atoms with Gasteiger partial charge in [0.15, 0.2) is 0 Å². The minimum Gasteiger partial charge on any atom is -0.440 e. The molecule has 56 heavy (non-hydrogen) atoms. The number of aromatic nitrogens is 3. The Morgan fingerprint density at radius 3 is 2.00 bits per heavy atom. The zero-order chi connectivity index (χ0) is 38.1. The molecule has 0 saturated heterocycles. The lowest BCUT2D eigenvalue weighted by Crippen LogP contribution is -2.58. The van der Waals surface area contributed by atoms with Crippen LogP contribution in [0.25, 0.3) is 77.4 Å². The van der Waals surface area contributed by atoms with Gasteiger partial charge in [-0.15, -0.1) is 0 Å². The van der Waals surface area contributed by atoms with Crippen LogP contribution < -0.4 is 16.4 Å². The monoisotopic (exact) mass is 725 g/mol. The maximum absolute atomic E-state index is 7.16. The number of furan rings is 1. The fraction of sp³-hybridized carbons (Fsp3) is 0.196. The fourth-order valence-electron chi connectivity index (χ4n) is 9.92. The van der Waals surface area contributed by atoms with Gasteiger partial charge in [-0.2, -0.15) is 0 Å². The van der Waals surface area contributed by atoms with Crippen molar-refractivity contribution in [3.8, 4) is 17.0 Å². The Morgan fingerprint density at radius 2 is 1.21 bits per heavy atom. The van der Waals surface area contributed by atoms with E-state index < -0.39 is 0 Å². The maximum atomic E-state index is 7.16. The average Bonchev–Trinajstić information content (AvgIpc) is 3.75. The molecule has 11 rings (SSSR count). The molecule has 0 saturated carbocycles. The van der Waals surface area contributed by atoms with E-state index in [9.17, 15) is 0 Å². The van der Waals surface area contributed by atoms with Crippen molar-refractivity contribution in [2.45, 2.75) is 54.4 Å². The Bertz CT molecular complexity index is 3200. The number of hydrogen-bond acceptors (Lipinski definition) is 2. The molecule has 7 aromatic carbocycles. The van der Waals surface area contributed by atoms with E-state index in [1.807, 2.05) is 0 Å². The molecule has 0 atom stereocenters. The maximum Gasteiger partial charge on any atom is 0.252 e. The van der Waals surface area contributed by atoms with Crippen LogP contribution in [0.4, 0.5) is 0 Å². The minimum absolute atomic E-state index is 0.0320. The first-order valence-electron chi connectivity index (χ1n) is 20.0. The van der Waals surface area contributed by atoms with E-state index in [-0.39, 0.29) is 17.5 Å². The number of fused-ring (bicyclic) bond motifs is 10. The van der Waals surface area contributed by atoms with Crippen LogP contribution in [0.15, 0.2) is 138 Å². The summed E-state index contributed by atoms with van der Waals surface area (Å²) in [6, 6.07) is 49.0. The normalized spacial score (nSPS) is 13.3. The second kappa shape index (κ2) is 11.7. The molecular formula is C51H44BN3O. The van der Waals surface area contributed by atoms with Gasteiger partial charge in [-0.25, -0.2) is 9.55 Å². The molecule has 0 fully saturated rings. The Labute approximate surface area is 327 Å². The van der Waals surface area contributed by atoms with Gasteiger partial charge in [0.2, 0.25) is 11.7 Å². The van der Waals surface area contributed by atoms with Crippen LogP contribution in [-0.4, -0.2) is 20.7 Å². The number of para-hydroxylation sites is 2. The van der Waals surface area contributed by atoms with E-state index in [0.29, 0.717) is 0 Å². The molecule has 0 amide bonds. The first-order chi connectivity index (χ1) is 27.0. The van der Waals surface area contributed by atoms with Gasteiger partial charge in [0, 0.05) is 21.8 Å². The van der Waals surface area contributed by atoms with E-state index in [0.717, 1.165) is 57.6 Å². The summed E-state index contributed by atoms with van der Waals surface area (Å²) in [7, 11) is 0. The molecular weight excluding hydrogens is 681 g/mol. The number of imidazole rings is 1. The second-order valence-corrected chi connectivity index (χ2v) is 18.4. The van der Waals surface area contributed by atoms with Crippen LogP contribution in [0.1, 0.15) is 52.7 Å². The first-order valence-corrected chi connectivity index (χ1v) is 20.0. The SMILES string of the molecule is CC(C)(C)Cc1cccc(CC(C)(C)C)c1B1c2c(oc3ccccc23)-n2c3c1ccc1cccc(c13)n1c3c(-c4cccc5ccccc45)cccc3nc21. The highest BCUT2D eigenvalue weighted by atomic mass is 16.4. The third-order valence-corrected chi connectivity index (χ3v) is 11.9. The number of hydrogen-bond donors (Lipinski definition) is 0. The molecule has 3 aromatic heterocycles. The fourth-order valence-corrected chi connectivity index (χ4v) is 9.92. The topological polar surface area (TPSA) is 35.4 Å². The Kier molecular flexibility index (Phi) is 6.97. The Balaban J connectivity index is 1.33. The van der Waals surface area contributed by atoms with Gasteiger partial charge < -0.3 is 4.42 Å². The van der Waals surface area contributed by atoms with Crippen molar-refractivity contribution in [3.05, 3.63) is 145 Å². The standard InChI is InChI=1S/C51H44BN3O/c1-50(2,3)29-33-18-11-19-34(30-51(4,5)6)44(33)52-39-28-27-32-17-13-25-41-43(32)47(39)55(48-45(52)38-21-9-10-26-42(38)56-48)49-53-40-24-14-23-37(46(40)54(41)49)36-22-12-16-31-15-7-8-20-35(31)36/h7-28H,29-30H2,1-6H3. The summed E-state index contributed by atoms with van der Waals surface area (Å²) < 4.78 is 11.9. The Morgan fingerprint density at radius 1 is 0.571 bits per heavy atom. The van der Waals surface area contributed by atoms with E-state index in [4.69, 9.17) is 9.40 Å². The van der Waals surface area contributed by atoms with Crippen molar-refractivity contribution in [3.63, 3.8) is 0 Å². The van der Waals surface area contributed by atoms with Gasteiger partial charge in [-0.3, -0.25) is 4.40 Å². The van der Waals surface area contributed by atoms with Crippen LogP contribution in [0.3, 0.4) is 0 Å². The molecule has 0 aliphatic carbocycles. The summed E-state index contributed by atoms with van der Waals surface area (Å²) in [6.07, 6.45) is 1.96. The third kappa shape index (κ3) is 4.89. The van der Waals surface area contributed by atoms with E-state index in [1.54, 1.807) is 0 Å². The van der Waals surface area contributed by atoms with E-state index in [1.165, 1.54) is 60.1 Å². The molecule has 0 N–H and O–H groups in total. The molecule has 0 unspecified atom stereocenters. The van der Waals surface area contributed by atoms with Crippen molar-refractivity contribution >= 4 is 83.5 Å². The number of nitrogens with zero attached hydrogens (tertiary/aromatic N) is 3. The molecule has 0 radical (unpaired) electrons. The van der Waals surface area contributed by atoms with Crippen LogP contribution in [0.2, 0.25) is 0 Å². The largest absolute Gasteiger partial charge is 0.440 e. The highest BCUT2D eigenvalue weighted by Gasteiger charge is 2.41. The molecule has 272 valence electrons. The lowest BCUT2D eigenvalue weighted by atomic mass is 9.33. The highest BCUT2D eigenvalue weighted by Crippen LogP contribution is 2.40. The lowest BCUT2D eigenvalue weighted by molar-refractivity contribution is 0.407. The Hall–Kier alpha value is -6.07. The van der Waals surface area contributed by atoms with Gasteiger partial charge in [-0.05, 0) is 69.1 Å². The van der Waals surface area contributed by atoms with Crippen LogP contribution in [-0.2, 0) is 12.8 Å². The summed E-state index contributed by atoms with van der Waals surface area (Å²) in [5.41, 5.74) is 14.6. The summed E-state index contributed by atoms with van der Waals surface area (Å²) >= 11 is 0. The van der Waals surface area contributed by atoms with Crippen LogP contribution in [0.5, 0.6) is 0 Å². The first kappa shape index (κ1) is 33.3. The van der Waals surface area contributed by atoms with Gasteiger partial charge in [0.1, 0.15) is 5.58 Å². The molecule has 4 heterocycles. The van der Waals surface area contributed by atoms with Crippen molar-refractivity contribution in [2.75, 3.05) is 0 Å². The zero-order valence-electron chi connectivity index (χ0n) is 32.9. The molecule has 0 spiro atoms. The van der Waals surface area contributed by atoms with Crippen molar-refractivity contribution in [1.29, 1.82) is 0 Å². The van der Waals surface area contributed by atoms with Gasteiger partial charge >= 0.3 is 0 Å². The van der Waals surface area contributed by atoms with Crippen LogP contribution in [0, 0.1) is 10.8 Å². The summed E-state index contributed by atoms with van der Waals surface area (Å²) in [5.74, 6) is 1.72. The van der Waals surface area contributed by atoms with Crippen LogP contribution >= 0.6 is 0 Å². The molecule has 1 aliphatic rings. The summed E-state index contributed by atoms with van der Waals surface area (Å²) in [4.78, 5) is 5.56. The smallest absolute Gasteiger partial charge is 0.252 e. The molecule has 1 aliphatic heterocycles. The average molecular weight is 726 g/mol. The lowest BCUT2D eigenvalue weighted by Gasteiger charge is -2.32. The van der Waals surface area contributed by atoms with Gasteiger partial charge in [-0.1, -0.05) is 173 Å². The third-order valence-electron chi connectivity index (χ3n) is 11.9. The van der Waals surface area contributed by atoms with E-state index >= 15 is 0 Å². The predicted octanol–water partition coefficient (Wildman–Crippen LogP) is 11.2. The van der Waals surface area contributed by atoms with Crippen molar-refractivity contribution in [2.24, 2.45) is 10.8 Å². The minimum atomic E-state index is -0.0320. The zero-order valence-corrected chi connectivity index (χ0v) is 32.9. The molecule has 0 bridgehead atoms. The predicted molar refractivity (Wildman–Crippen MR) is 237 cm³/mol. The highest BCUT2D eigenvalue weighted by molar-refractivity contribution is 6.99. The summed E-state index contributed by atoms with van der Waals surface area (Å²) in [6.45, 7) is 14.1. The quantitative estimate of drug-likeness (QED) is 0.169. The summed E-state index contributed by atoms with van der Waals surface area (Å²) in [5, 5.41) is 6.05. The van der Waals surface area contributed by atoms with Crippen molar-refractivity contribution in [1.82, 2.24) is 14.0 Å². The number of benzene rings is 7.